The van der Waals surface area contributed by atoms with E-state index in [1.54, 1.807) is 0 Å². The number of benzene rings is 1. The Hall–Kier alpha value is -1.23. The van der Waals surface area contributed by atoms with Crippen LogP contribution in [0, 0.1) is 5.92 Å². The van der Waals surface area contributed by atoms with Gasteiger partial charge in [0, 0.05) is 28.3 Å². The van der Waals surface area contributed by atoms with Crippen LogP contribution in [-0.4, -0.2) is 23.6 Å². The first kappa shape index (κ1) is 13.7. The second-order valence-corrected chi connectivity index (χ2v) is 6.60. The Labute approximate surface area is 127 Å². The summed E-state index contributed by atoms with van der Waals surface area (Å²) in [6.45, 7) is 1.14. The molecule has 4 nitrogen and oxygen atoms in total. The molecule has 5 heteroatoms. The SMILES string of the molecule is N/C(=N/O)c1ccc(N2CCC3CCCCC32)cc1Br. The lowest BCUT2D eigenvalue weighted by molar-refractivity contribution is 0.318. The lowest BCUT2D eigenvalue weighted by Crippen LogP contribution is -2.34. The van der Waals surface area contributed by atoms with E-state index in [1.807, 2.05) is 6.07 Å². The molecule has 0 bridgehead atoms. The van der Waals surface area contributed by atoms with E-state index in [2.05, 4.69) is 38.1 Å². The van der Waals surface area contributed by atoms with Crippen LogP contribution in [0.3, 0.4) is 0 Å². The Kier molecular flexibility index (Phi) is 3.87. The van der Waals surface area contributed by atoms with Crippen molar-refractivity contribution in [2.45, 2.75) is 38.1 Å². The first-order chi connectivity index (χ1) is 9.70. The summed E-state index contributed by atoms with van der Waals surface area (Å²) in [5.74, 6) is 1.01. The topological polar surface area (TPSA) is 61.9 Å². The Morgan fingerprint density at radius 2 is 2.10 bits per heavy atom. The predicted octanol–water partition coefficient (Wildman–Crippen LogP) is 3.31. The second-order valence-electron chi connectivity index (χ2n) is 5.74. The molecule has 3 N–H and O–H groups in total. The minimum absolute atomic E-state index is 0.139. The fourth-order valence-electron chi connectivity index (χ4n) is 3.67. The van der Waals surface area contributed by atoms with Gasteiger partial charge in [0.1, 0.15) is 0 Å². The van der Waals surface area contributed by atoms with Crippen LogP contribution in [-0.2, 0) is 0 Å². The van der Waals surface area contributed by atoms with Gasteiger partial charge < -0.3 is 15.8 Å². The molecule has 0 spiro atoms. The molecule has 2 unspecified atom stereocenters. The number of hydrogen-bond donors (Lipinski definition) is 2. The van der Waals surface area contributed by atoms with Crippen LogP contribution < -0.4 is 10.6 Å². The molecule has 1 heterocycles. The minimum atomic E-state index is 0.139. The van der Waals surface area contributed by atoms with Crippen LogP contribution >= 0.6 is 15.9 Å². The van der Waals surface area contributed by atoms with Gasteiger partial charge in [0.05, 0.1) is 0 Å². The summed E-state index contributed by atoms with van der Waals surface area (Å²) in [7, 11) is 0. The van der Waals surface area contributed by atoms with Gasteiger partial charge >= 0.3 is 0 Å². The molecule has 1 aliphatic carbocycles. The van der Waals surface area contributed by atoms with E-state index in [1.165, 1.54) is 37.8 Å². The molecule has 2 atom stereocenters. The number of fused-ring (bicyclic) bond motifs is 1. The molecule has 2 aliphatic rings. The Balaban J connectivity index is 1.86. The molecule has 1 aromatic carbocycles. The van der Waals surface area contributed by atoms with Gasteiger partial charge in [-0.05, 0) is 59.3 Å². The van der Waals surface area contributed by atoms with E-state index in [9.17, 15) is 0 Å². The first-order valence-electron chi connectivity index (χ1n) is 7.25. The third-order valence-corrected chi connectivity index (χ3v) is 5.33. The number of anilines is 1. The molecule has 0 amide bonds. The maximum absolute atomic E-state index is 8.78. The third kappa shape index (κ3) is 2.39. The summed E-state index contributed by atoms with van der Waals surface area (Å²) in [6.07, 6.45) is 6.74. The molecule has 108 valence electrons. The van der Waals surface area contributed by atoms with Crippen LogP contribution in [0.1, 0.15) is 37.7 Å². The van der Waals surface area contributed by atoms with Crippen molar-refractivity contribution in [1.82, 2.24) is 0 Å². The number of nitrogens with zero attached hydrogens (tertiary/aromatic N) is 2. The van der Waals surface area contributed by atoms with Gasteiger partial charge in [0.2, 0.25) is 0 Å². The molecule has 0 aromatic heterocycles. The summed E-state index contributed by atoms with van der Waals surface area (Å²) >= 11 is 3.53. The first-order valence-corrected chi connectivity index (χ1v) is 8.04. The Morgan fingerprint density at radius 1 is 1.30 bits per heavy atom. The van der Waals surface area contributed by atoms with E-state index in [0.717, 1.165) is 22.5 Å². The van der Waals surface area contributed by atoms with Crippen molar-refractivity contribution in [2.24, 2.45) is 16.8 Å². The lowest BCUT2D eigenvalue weighted by atomic mass is 9.85. The van der Waals surface area contributed by atoms with E-state index >= 15 is 0 Å². The standard InChI is InChI=1S/C15H20BrN3O/c16-13-9-11(5-6-12(13)15(17)18-20)19-8-7-10-3-1-2-4-14(10)19/h5-6,9-10,14,20H,1-4,7-8H2,(H2,17,18). The zero-order chi connectivity index (χ0) is 14.1. The van der Waals surface area contributed by atoms with Crippen LogP contribution in [0.4, 0.5) is 5.69 Å². The van der Waals surface area contributed by atoms with Crippen molar-refractivity contribution in [3.63, 3.8) is 0 Å². The Morgan fingerprint density at radius 3 is 2.85 bits per heavy atom. The summed E-state index contributed by atoms with van der Waals surface area (Å²) in [5.41, 5.74) is 7.63. The summed E-state index contributed by atoms with van der Waals surface area (Å²) in [4.78, 5) is 2.53. The number of halogens is 1. The van der Waals surface area contributed by atoms with Crippen LogP contribution in [0.5, 0.6) is 0 Å². The molecule has 0 radical (unpaired) electrons. The summed E-state index contributed by atoms with van der Waals surface area (Å²) in [5, 5.41) is 11.8. The van der Waals surface area contributed by atoms with Crippen LogP contribution in [0.15, 0.2) is 27.8 Å². The molecule has 3 rings (SSSR count). The van der Waals surface area contributed by atoms with Crippen molar-refractivity contribution >= 4 is 27.5 Å². The van der Waals surface area contributed by atoms with Gasteiger partial charge in [-0.1, -0.05) is 18.0 Å². The smallest absolute Gasteiger partial charge is 0.171 e. The average Bonchev–Trinajstić information content (AvgIpc) is 2.90. The van der Waals surface area contributed by atoms with E-state index in [4.69, 9.17) is 10.9 Å². The molecule has 1 saturated carbocycles. The normalized spacial score (nSPS) is 26.6. The van der Waals surface area contributed by atoms with Crippen molar-refractivity contribution in [1.29, 1.82) is 0 Å². The predicted molar refractivity (Wildman–Crippen MR) is 84.4 cm³/mol. The Bertz CT molecular complexity index is 532. The van der Waals surface area contributed by atoms with Crippen LogP contribution in [0.2, 0.25) is 0 Å². The lowest BCUT2D eigenvalue weighted by Gasteiger charge is -2.33. The monoisotopic (exact) mass is 337 g/mol. The summed E-state index contributed by atoms with van der Waals surface area (Å²) < 4.78 is 0.879. The maximum atomic E-state index is 8.78. The number of oxime groups is 1. The van der Waals surface area contributed by atoms with Gasteiger partial charge in [0.25, 0.3) is 0 Å². The van der Waals surface area contributed by atoms with Gasteiger partial charge in [0.15, 0.2) is 5.84 Å². The molecule has 2 fully saturated rings. The van der Waals surface area contributed by atoms with Crippen molar-refractivity contribution in [3.05, 3.63) is 28.2 Å². The second kappa shape index (κ2) is 5.64. The molecule has 1 aliphatic heterocycles. The minimum Gasteiger partial charge on any atom is -0.409 e. The van der Waals surface area contributed by atoms with Crippen LogP contribution in [0.25, 0.3) is 0 Å². The number of hydrogen-bond acceptors (Lipinski definition) is 3. The largest absolute Gasteiger partial charge is 0.409 e. The summed E-state index contributed by atoms with van der Waals surface area (Å²) in [6, 6.07) is 6.79. The highest BCUT2D eigenvalue weighted by atomic mass is 79.9. The maximum Gasteiger partial charge on any atom is 0.171 e. The fraction of sp³-hybridized carbons (Fsp3) is 0.533. The third-order valence-electron chi connectivity index (χ3n) is 4.68. The highest BCUT2D eigenvalue weighted by Gasteiger charge is 2.35. The van der Waals surface area contributed by atoms with Gasteiger partial charge in [-0.2, -0.15) is 0 Å². The highest BCUT2D eigenvalue weighted by molar-refractivity contribution is 9.10. The molecule has 1 saturated heterocycles. The molecular weight excluding hydrogens is 318 g/mol. The number of nitrogens with two attached hydrogens (primary N) is 1. The van der Waals surface area contributed by atoms with E-state index in [0.29, 0.717) is 6.04 Å². The fourth-order valence-corrected chi connectivity index (χ4v) is 4.24. The highest BCUT2D eigenvalue weighted by Crippen LogP contribution is 2.39. The zero-order valence-electron chi connectivity index (χ0n) is 11.4. The molecule has 1 aromatic rings. The van der Waals surface area contributed by atoms with Crippen molar-refractivity contribution in [3.8, 4) is 0 Å². The number of rotatable bonds is 2. The quantitative estimate of drug-likeness (QED) is 0.376. The molecule has 20 heavy (non-hydrogen) atoms. The van der Waals surface area contributed by atoms with E-state index < -0.39 is 0 Å². The van der Waals surface area contributed by atoms with Gasteiger partial charge in [-0.15, -0.1) is 0 Å². The van der Waals surface area contributed by atoms with Gasteiger partial charge in [-0.25, -0.2) is 0 Å². The van der Waals surface area contributed by atoms with E-state index in [-0.39, 0.29) is 5.84 Å². The van der Waals surface area contributed by atoms with Crippen molar-refractivity contribution in [2.75, 3.05) is 11.4 Å². The molecular formula is C15H20BrN3O. The van der Waals surface area contributed by atoms with Gasteiger partial charge in [-0.3, -0.25) is 0 Å². The number of amidine groups is 1. The average molecular weight is 338 g/mol. The van der Waals surface area contributed by atoms with Crippen molar-refractivity contribution < 1.29 is 5.21 Å². The zero-order valence-corrected chi connectivity index (χ0v) is 13.0.